The lowest BCUT2D eigenvalue weighted by molar-refractivity contribution is -0.00516. The predicted octanol–water partition coefficient (Wildman–Crippen LogP) is 2.12. The fourth-order valence-corrected chi connectivity index (χ4v) is 2.80. The Hall–Kier alpha value is -2.19. The van der Waals surface area contributed by atoms with Crippen LogP contribution in [0.15, 0.2) is 24.3 Å². The molecule has 0 N–H and O–H groups in total. The van der Waals surface area contributed by atoms with E-state index in [-0.39, 0.29) is 12.2 Å². The van der Waals surface area contributed by atoms with Gasteiger partial charge in [-0.05, 0) is 19.9 Å². The Kier molecular flexibility index (Phi) is 3.25. The van der Waals surface area contributed by atoms with E-state index < -0.39 is 0 Å². The number of hydrogen-bond donors (Lipinski definition) is 0. The van der Waals surface area contributed by atoms with Crippen molar-refractivity contribution in [3.63, 3.8) is 0 Å². The summed E-state index contributed by atoms with van der Waals surface area (Å²) in [5.41, 5.74) is 2.07. The number of hydrogen-bond acceptors (Lipinski definition) is 5. The van der Waals surface area contributed by atoms with Crippen LogP contribution in [0.5, 0.6) is 0 Å². The van der Waals surface area contributed by atoms with E-state index in [1.165, 1.54) is 0 Å². The molecule has 2 atom stereocenters. The number of nitriles is 1. The van der Waals surface area contributed by atoms with E-state index in [9.17, 15) is 5.26 Å². The molecular weight excluding hydrogens is 252 g/mol. The third kappa shape index (κ3) is 2.19. The number of benzene rings is 1. The van der Waals surface area contributed by atoms with Crippen LogP contribution in [0, 0.1) is 11.3 Å². The average molecular weight is 268 g/mol. The van der Waals surface area contributed by atoms with Gasteiger partial charge in [-0.25, -0.2) is 0 Å². The first-order chi connectivity index (χ1) is 9.69. The van der Waals surface area contributed by atoms with Crippen molar-refractivity contribution in [2.24, 2.45) is 0 Å². The van der Waals surface area contributed by atoms with Crippen molar-refractivity contribution in [3.05, 3.63) is 30.0 Å². The van der Waals surface area contributed by atoms with Gasteiger partial charge < -0.3 is 9.64 Å². The number of rotatable bonds is 1. The first-order valence-corrected chi connectivity index (χ1v) is 6.75. The minimum absolute atomic E-state index is 0.136. The molecule has 20 heavy (non-hydrogen) atoms. The van der Waals surface area contributed by atoms with Crippen molar-refractivity contribution in [2.75, 3.05) is 18.0 Å². The lowest BCUT2D eigenvalue weighted by Gasteiger charge is -2.37. The van der Waals surface area contributed by atoms with Crippen molar-refractivity contribution in [1.29, 1.82) is 5.26 Å². The van der Waals surface area contributed by atoms with Crippen molar-refractivity contribution in [2.45, 2.75) is 26.1 Å². The summed E-state index contributed by atoms with van der Waals surface area (Å²) >= 11 is 0. The maximum absolute atomic E-state index is 9.33. The smallest absolute Gasteiger partial charge is 0.187 e. The Morgan fingerprint density at radius 1 is 1.20 bits per heavy atom. The molecule has 0 amide bonds. The summed E-state index contributed by atoms with van der Waals surface area (Å²) in [6.07, 6.45) is 0.273. The highest BCUT2D eigenvalue weighted by Gasteiger charge is 2.26. The fourth-order valence-electron chi connectivity index (χ4n) is 2.80. The van der Waals surface area contributed by atoms with E-state index in [0.29, 0.717) is 5.69 Å². The molecule has 1 aromatic carbocycles. The number of ether oxygens (including phenoxy) is 1. The lowest BCUT2D eigenvalue weighted by atomic mass is 10.1. The minimum Gasteiger partial charge on any atom is -0.372 e. The summed E-state index contributed by atoms with van der Waals surface area (Å²) in [5.74, 6) is 0. The van der Waals surface area contributed by atoms with Crippen LogP contribution in [0.2, 0.25) is 0 Å². The van der Waals surface area contributed by atoms with Crippen molar-refractivity contribution >= 4 is 16.6 Å². The molecular formula is C15H16N4O. The number of morpholine rings is 1. The largest absolute Gasteiger partial charge is 0.372 e. The van der Waals surface area contributed by atoms with Crippen LogP contribution in [0.1, 0.15) is 19.5 Å². The van der Waals surface area contributed by atoms with Gasteiger partial charge in [0.05, 0.1) is 23.4 Å². The first-order valence-electron chi connectivity index (χ1n) is 6.75. The molecule has 0 aliphatic carbocycles. The quantitative estimate of drug-likeness (QED) is 0.792. The maximum atomic E-state index is 9.33. The number of fused-ring (bicyclic) bond motifs is 1. The number of nitrogens with zero attached hydrogens (tertiary/aromatic N) is 4. The van der Waals surface area contributed by atoms with Crippen LogP contribution >= 0.6 is 0 Å². The lowest BCUT2D eigenvalue weighted by Crippen LogP contribution is -2.46. The van der Waals surface area contributed by atoms with Crippen molar-refractivity contribution in [1.82, 2.24) is 10.2 Å². The van der Waals surface area contributed by atoms with Crippen LogP contribution < -0.4 is 4.90 Å². The Morgan fingerprint density at radius 2 is 1.90 bits per heavy atom. The number of aromatic nitrogens is 2. The van der Waals surface area contributed by atoms with E-state index in [4.69, 9.17) is 4.74 Å². The van der Waals surface area contributed by atoms with Crippen LogP contribution in [-0.2, 0) is 4.74 Å². The molecule has 5 nitrogen and oxygen atoms in total. The maximum Gasteiger partial charge on any atom is 0.187 e. The van der Waals surface area contributed by atoms with Gasteiger partial charge in [-0.15, -0.1) is 10.2 Å². The molecule has 2 aromatic rings. The minimum atomic E-state index is 0.136. The van der Waals surface area contributed by atoms with Gasteiger partial charge in [0, 0.05) is 18.5 Å². The second-order valence-corrected chi connectivity index (χ2v) is 5.19. The first kappa shape index (κ1) is 12.8. The van der Waals surface area contributed by atoms with Crippen LogP contribution in [0.4, 0.5) is 5.69 Å². The summed E-state index contributed by atoms with van der Waals surface area (Å²) in [4.78, 5) is 2.19. The Balaban J connectivity index is 2.16. The van der Waals surface area contributed by atoms with Crippen LogP contribution in [-0.4, -0.2) is 35.5 Å². The summed E-state index contributed by atoms with van der Waals surface area (Å²) in [6, 6.07) is 9.95. The summed E-state index contributed by atoms with van der Waals surface area (Å²) in [5, 5.41) is 18.5. The second-order valence-electron chi connectivity index (χ2n) is 5.19. The molecule has 0 saturated carbocycles. The van der Waals surface area contributed by atoms with E-state index >= 15 is 0 Å². The van der Waals surface area contributed by atoms with Gasteiger partial charge >= 0.3 is 0 Å². The molecule has 1 saturated heterocycles. The highest BCUT2D eigenvalue weighted by molar-refractivity contribution is 5.93. The predicted molar refractivity (Wildman–Crippen MR) is 76.5 cm³/mol. The molecule has 1 aliphatic heterocycles. The second kappa shape index (κ2) is 5.06. The van der Waals surface area contributed by atoms with Gasteiger partial charge in [0.25, 0.3) is 0 Å². The van der Waals surface area contributed by atoms with E-state index in [2.05, 4.69) is 21.2 Å². The topological polar surface area (TPSA) is 62.0 Å². The highest BCUT2D eigenvalue weighted by atomic mass is 16.5. The molecule has 0 spiro atoms. The molecule has 1 aliphatic rings. The molecule has 1 fully saturated rings. The number of anilines is 1. The fraction of sp³-hybridized carbons (Fsp3) is 0.400. The van der Waals surface area contributed by atoms with Gasteiger partial charge in [0.15, 0.2) is 5.69 Å². The van der Waals surface area contributed by atoms with E-state index in [0.717, 1.165) is 29.7 Å². The van der Waals surface area contributed by atoms with Crippen molar-refractivity contribution in [3.8, 4) is 6.07 Å². The van der Waals surface area contributed by atoms with Crippen molar-refractivity contribution < 1.29 is 4.74 Å². The van der Waals surface area contributed by atoms with E-state index in [1.807, 2.05) is 38.1 Å². The normalized spacial score (nSPS) is 22.8. The Labute approximate surface area is 117 Å². The zero-order chi connectivity index (χ0) is 14.1. The molecule has 2 heterocycles. The third-order valence-corrected chi connectivity index (χ3v) is 3.48. The molecule has 5 heteroatoms. The monoisotopic (exact) mass is 268 g/mol. The molecule has 3 rings (SSSR count). The van der Waals surface area contributed by atoms with Gasteiger partial charge in [0.2, 0.25) is 0 Å². The summed E-state index contributed by atoms with van der Waals surface area (Å²) in [6.45, 7) is 5.61. The average Bonchev–Trinajstić information content (AvgIpc) is 2.45. The summed E-state index contributed by atoms with van der Waals surface area (Å²) in [7, 11) is 0. The SMILES string of the molecule is CC1CN(c2c(C#N)nnc3ccccc23)CC(C)O1. The summed E-state index contributed by atoms with van der Waals surface area (Å²) < 4.78 is 5.76. The van der Waals surface area contributed by atoms with E-state index in [1.54, 1.807) is 0 Å². The Morgan fingerprint density at radius 3 is 2.60 bits per heavy atom. The molecule has 0 bridgehead atoms. The third-order valence-electron chi connectivity index (χ3n) is 3.48. The van der Waals surface area contributed by atoms with Crippen LogP contribution in [0.3, 0.4) is 0 Å². The zero-order valence-electron chi connectivity index (χ0n) is 11.6. The zero-order valence-corrected chi connectivity index (χ0v) is 11.6. The molecule has 1 aromatic heterocycles. The Bertz CT molecular complexity index is 669. The van der Waals surface area contributed by atoms with Crippen LogP contribution in [0.25, 0.3) is 10.9 Å². The van der Waals surface area contributed by atoms with Gasteiger partial charge in [0.1, 0.15) is 6.07 Å². The van der Waals surface area contributed by atoms with Gasteiger partial charge in [-0.2, -0.15) is 5.26 Å². The molecule has 0 radical (unpaired) electrons. The molecule has 102 valence electrons. The highest BCUT2D eigenvalue weighted by Crippen LogP contribution is 2.30. The van der Waals surface area contributed by atoms with Gasteiger partial charge in [-0.1, -0.05) is 18.2 Å². The van der Waals surface area contributed by atoms with Gasteiger partial charge in [-0.3, -0.25) is 0 Å². The molecule has 2 unspecified atom stereocenters. The standard InChI is InChI=1S/C15H16N4O/c1-10-8-19(9-11(2)20-10)15-12-5-3-4-6-13(12)17-18-14(15)7-16/h3-6,10-11H,8-9H2,1-2H3.